The molecule has 4 rings (SSSR count). The number of halogens is 2. The summed E-state index contributed by atoms with van der Waals surface area (Å²) in [6.45, 7) is 2.52. The highest BCUT2D eigenvalue weighted by molar-refractivity contribution is 5.64. The monoisotopic (exact) mass is 438 g/mol. The maximum atomic E-state index is 12.3. The zero-order valence-electron chi connectivity index (χ0n) is 18.0. The summed E-state index contributed by atoms with van der Waals surface area (Å²) in [5.41, 5.74) is 4.62. The Balaban J connectivity index is 1.35. The number of piperidine rings is 1. The molecule has 2 aromatic heterocycles. The van der Waals surface area contributed by atoms with Gasteiger partial charge < -0.3 is 15.0 Å². The van der Waals surface area contributed by atoms with Gasteiger partial charge in [0.1, 0.15) is 5.75 Å². The quantitative estimate of drug-likeness (QED) is 0.532. The molecule has 0 saturated carbocycles. The lowest BCUT2D eigenvalue weighted by molar-refractivity contribution is -0.0498. The smallest absolute Gasteiger partial charge is 0.387 e. The number of hydrogen-bond acceptors (Lipinski definition) is 6. The second-order valence-electron chi connectivity index (χ2n) is 7.77. The van der Waals surface area contributed by atoms with Gasteiger partial charge in [-0.2, -0.15) is 8.78 Å². The third kappa shape index (κ3) is 5.97. The van der Waals surface area contributed by atoms with E-state index in [1.165, 1.54) is 25.0 Å². The minimum absolute atomic E-state index is 0.115. The van der Waals surface area contributed by atoms with Crippen LogP contribution in [0.1, 0.15) is 24.1 Å². The Morgan fingerprint density at radius 2 is 1.72 bits per heavy atom. The predicted octanol–water partition coefficient (Wildman–Crippen LogP) is 5.03. The fraction of sp³-hybridized carbons (Fsp3) is 0.333. The zero-order chi connectivity index (χ0) is 22.3. The Morgan fingerprint density at radius 1 is 1.00 bits per heavy atom. The third-order valence-corrected chi connectivity index (χ3v) is 5.46. The van der Waals surface area contributed by atoms with Crippen LogP contribution in [-0.4, -0.2) is 46.1 Å². The number of nitrogens with zero attached hydrogens (tertiary/aromatic N) is 4. The number of nitrogens with one attached hydrogen (secondary N) is 1. The molecule has 0 bridgehead atoms. The predicted molar refractivity (Wildman–Crippen MR) is 120 cm³/mol. The summed E-state index contributed by atoms with van der Waals surface area (Å²) >= 11 is 0. The van der Waals surface area contributed by atoms with Gasteiger partial charge in [-0.15, -0.1) is 0 Å². The van der Waals surface area contributed by atoms with Crippen molar-refractivity contribution in [1.82, 2.24) is 19.9 Å². The molecule has 6 nitrogen and oxygen atoms in total. The molecule has 1 aliphatic rings. The zero-order valence-corrected chi connectivity index (χ0v) is 18.0. The SMILES string of the molecule is Cc1cc(CCN2CC[CH]CC2)ncc1Nc1ncc(-c2ccc(OC(F)F)cc2)cn1. The minimum Gasteiger partial charge on any atom is -0.435 e. The van der Waals surface area contributed by atoms with Gasteiger partial charge in [0.05, 0.1) is 11.9 Å². The topological polar surface area (TPSA) is 63.2 Å². The molecule has 3 heterocycles. The lowest BCUT2D eigenvalue weighted by atomic mass is 10.1. The molecular weight excluding hydrogens is 412 g/mol. The maximum Gasteiger partial charge on any atom is 0.387 e. The molecule has 3 aromatic rings. The van der Waals surface area contributed by atoms with Crippen molar-refractivity contribution in [2.45, 2.75) is 32.8 Å². The number of likely N-dealkylation sites (tertiary alicyclic amines) is 1. The van der Waals surface area contributed by atoms with Crippen molar-refractivity contribution in [2.75, 3.05) is 25.0 Å². The summed E-state index contributed by atoms with van der Waals surface area (Å²) in [6, 6.07) is 8.48. The summed E-state index contributed by atoms with van der Waals surface area (Å²) < 4.78 is 28.9. The lowest BCUT2D eigenvalue weighted by Gasteiger charge is -2.26. The first-order chi connectivity index (χ1) is 15.6. The van der Waals surface area contributed by atoms with Crippen LogP contribution >= 0.6 is 0 Å². The van der Waals surface area contributed by atoms with E-state index in [0.29, 0.717) is 5.95 Å². The van der Waals surface area contributed by atoms with E-state index in [-0.39, 0.29) is 5.75 Å². The van der Waals surface area contributed by atoms with Gasteiger partial charge in [-0.3, -0.25) is 4.98 Å². The van der Waals surface area contributed by atoms with Crippen molar-refractivity contribution in [3.63, 3.8) is 0 Å². The standard InChI is InChI=1S/C24H26F2N5O/c1-17-13-20(9-12-31-10-3-2-4-11-31)27-16-22(17)30-24-28-14-19(15-29-24)18-5-7-21(8-6-18)32-23(25)26/h2,5-8,13-16,23H,3-4,9-12H2,1H3,(H,28,29,30). The highest BCUT2D eigenvalue weighted by Gasteiger charge is 2.11. The van der Waals surface area contributed by atoms with Crippen molar-refractivity contribution in [3.05, 3.63) is 66.6 Å². The van der Waals surface area contributed by atoms with Crippen LogP contribution < -0.4 is 10.1 Å². The summed E-state index contributed by atoms with van der Waals surface area (Å²) in [6.07, 6.45) is 10.8. The first-order valence-corrected chi connectivity index (χ1v) is 10.7. The van der Waals surface area contributed by atoms with Crippen LogP contribution in [-0.2, 0) is 6.42 Å². The molecule has 0 atom stereocenters. The van der Waals surface area contributed by atoms with Gasteiger partial charge >= 0.3 is 6.61 Å². The lowest BCUT2D eigenvalue weighted by Crippen LogP contribution is -2.31. The molecular formula is C24H26F2N5O. The van der Waals surface area contributed by atoms with E-state index in [4.69, 9.17) is 0 Å². The first-order valence-electron chi connectivity index (χ1n) is 10.7. The number of alkyl halides is 2. The van der Waals surface area contributed by atoms with Crippen molar-refractivity contribution >= 4 is 11.6 Å². The van der Waals surface area contributed by atoms with Crippen LogP contribution in [0, 0.1) is 13.3 Å². The normalized spacial score (nSPS) is 14.5. The molecule has 8 heteroatoms. The molecule has 1 aliphatic heterocycles. The molecule has 1 saturated heterocycles. The largest absolute Gasteiger partial charge is 0.435 e. The van der Waals surface area contributed by atoms with Crippen LogP contribution in [0.4, 0.5) is 20.4 Å². The number of hydrogen-bond donors (Lipinski definition) is 1. The second kappa shape index (κ2) is 10.5. The van der Waals surface area contributed by atoms with E-state index < -0.39 is 6.61 Å². The van der Waals surface area contributed by atoms with Crippen LogP contribution in [0.15, 0.2) is 48.9 Å². The molecule has 32 heavy (non-hydrogen) atoms. The molecule has 0 amide bonds. The van der Waals surface area contributed by atoms with E-state index in [0.717, 1.165) is 54.1 Å². The first kappa shape index (κ1) is 22.1. The van der Waals surface area contributed by atoms with Crippen molar-refractivity contribution in [1.29, 1.82) is 0 Å². The highest BCUT2D eigenvalue weighted by atomic mass is 19.3. The number of benzene rings is 1. The Hall–Kier alpha value is -3.13. The van der Waals surface area contributed by atoms with E-state index in [1.54, 1.807) is 24.5 Å². The Morgan fingerprint density at radius 3 is 2.38 bits per heavy atom. The minimum atomic E-state index is -2.84. The van der Waals surface area contributed by atoms with E-state index in [2.05, 4.69) is 42.4 Å². The van der Waals surface area contributed by atoms with E-state index >= 15 is 0 Å². The Bertz CT molecular complexity index is 1010. The number of aryl methyl sites for hydroxylation is 1. The second-order valence-corrected chi connectivity index (χ2v) is 7.77. The van der Waals surface area contributed by atoms with E-state index in [1.807, 2.05) is 13.1 Å². The van der Waals surface area contributed by atoms with Crippen molar-refractivity contribution in [3.8, 4) is 16.9 Å². The van der Waals surface area contributed by atoms with Crippen LogP contribution in [0.5, 0.6) is 5.75 Å². The molecule has 0 aliphatic carbocycles. The Labute approximate surface area is 186 Å². The average molecular weight is 439 g/mol. The number of anilines is 2. The molecule has 0 unspecified atom stereocenters. The van der Waals surface area contributed by atoms with Gasteiger partial charge in [-0.1, -0.05) is 12.1 Å². The molecule has 167 valence electrons. The van der Waals surface area contributed by atoms with Crippen LogP contribution in [0.25, 0.3) is 11.1 Å². The van der Waals surface area contributed by atoms with Crippen molar-refractivity contribution < 1.29 is 13.5 Å². The van der Waals surface area contributed by atoms with E-state index in [9.17, 15) is 8.78 Å². The summed E-state index contributed by atoms with van der Waals surface area (Å²) in [4.78, 5) is 15.8. The van der Waals surface area contributed by atoms with Crippen LogP contribution in [0.3, 0.4) is 0 Å². The fourth-order valence-corrected chi connectivity index (χ4v) is 3.67. The summed E-state index contributed by atoms with van der Waals surface area (Å²) in [7, 11) is 0. The average Bonchev–Trinajstić information content (AvgIpc) is 2.81. The molecule has 0 spiro atoms. The molecule has 1 N–H and O–H groups in total. The fourth-order valence-electron chi connectivity index (χ4n) is 3.67. The number of ether oxygens (including phenoxy) is 1. The summed E-state index contributed by atoms with van der Waals surface area (Å²) in [5, 5.41) is 3.21. The molecule has 1 radical (unpaired) electrons. The van der Waals surface area contributed by atoms with Gasteiger partial charge in [0, 0.05) is 36.6 Å². The van der Waals surface area contributed by atoms with Crippen molar-refractivity contribution in [2.24, 2.45) is 0 Å². The number of pyridine rings is 1. The number of aromatic nitrogens is 3. The van der Waals surface area contributed by atoms with Gasteiger partial charge in [0.25, 0.3) is 0 Å². The third-order valence-electron chi connectivity index (χ3n) is 5.46. The highest BCUT2D eigenvalue weighted by Crippen LogP contribution is 2.24. The van der Waals surface area contributed by atoms with Gasteiger partial charge in [0.2, 0.25) is 5.95 Å². The number of rotatable bonds is 8. The van der Waals surface area contributed by atoms with Crippen LogP contribution in [0.2, 0.25) is 0 Å². The maximum absolute atomic E-state index is 12.3. The van der Waals surface area contributed by atoms with Gasteiger partial charge in [-0.05, 0) is 68.6 Å². The molecule has 1 fully saturated rings. The Kier molecular flexibility index (Phi) is 7.21. The van der Waals surface area contributed by atoms with Gasteiger partial charge in [-0.25, -0.2) is 9.97 Å². The summed E-state index contributed by atoms with van der Waals surface area (Å²) in [5.74, 6) is 0.581. The van der Waals surface area contributed by atoms with Gasteiger partial charge in [0.15, 0.2) is 0 Å². The molecule has 1 aromatic carbocycles.